The van der Waals surface area contributed by atoms with Gasteiger partial charge < -0.3 is 10.6 Å². The van der Waals surface area contributed by atoms with Crippen LogP contribution in [0, 0.1) is 0 Å². The Hall–Kier alpha value is -0.460. The number of benzene rings is 1. The molecule has 1 aliphatic rings. The van der Waals surface area contributed by atoms with Crippen LogP contribution in [0.4, 0.5) is 5.69 Å². The molecule has 1 fully saturated rings. The van der Waals surface area contributed by atoms with E-state index in [-0.39, 0.29) is 0 Å². The largest absolute Gasteiger partial charge is 0.389 e. The molecule has 0 bridgehead atoms. The van der Waals surface area contributed by atoms with Crippen molar-refractivity contribution in [3.05, 3.63) is 28.2 Å². The summed E-state index contributed by atoms with van der Waals surface area (Å²) in [6.45, 7) is 1.68. The first-order chi connectivity index (χ1) is 8.08. The molecule has 0 atom stereocenters. The van der Waals surface area contributed by atoms with Crippen molar-refractivity contribution in [2.45, 2.75) is 0 Å². The average molecular weight is 333 g/mol. The van der Waals surface area contributed by atoms with Crippen LogP contribution in [0.2, 0.25) is 0 Å². The summed E-state index contributed by atoms with van der Waals surface area (Å²) in [6, 6.07) is 5.95. The highest BCUT2D eigenvalue weighted by molar-refractivity contribution is 9.10. The summed E-state index contributed by atoms with van der Waals surface area (Å²) < 4.78 is 12.2. The maximum absolute atomic E-state index is 11.3. The van der Waals surface area contributed by atoms with E-state index in [0.29, 0.717) is 4.99 Å². The highest BCUT2D eigenvalue weighted by Gasteiger charge is 2.16. The lowest BCUT2D eigenvalue weighted by molar-refractivity contribution is 0.673. The summed E-state index contributed by atoms with van der Waals surface area (Å²) in [5, 5.41) is 0. The topological polar surface area (TPSA) is 46.3 Å². The van der Waals surface area contributed by atoms with Crippen LogP contribution in [-0.2, 0) is 10.8 Å². The zero-order valence-electron chi connectivity index (χ0n) is 9.19. The Kier molecular flexibility index (Phi) is 4.17. The lowest BCUT2D eigenvalue weighted by atomic mass is 10.2. The predicted molar refractivity (Wildman–Crippen MR) is 80.1 cm³/mol. The van der Waals surface area contributed by atoms with Crippen molar-refractivity contribution in [2.24, 2.45) is 5.73 Å². The number of anilines is 1. The maximum atomic E-state index is 11.3. The maximum Gasteiger partial charge on any atom is 0.105 e. The molecule has 2 N–H and O–H groups in total. The second-order valence-corrected chi connectivity index (χ2v) is 6.85. The molecular formula is C11H13BrN2OS2. The predicted octanol–water partition coefficient (Wildman–Crippen LogP) is 1.65. The number of hydrogen-bond acceptors (Lipinski definition) is 3. The first kappa shape index (κ1) is 13.0. The van der Waals surface area contributed by atoms with Gasteiger partial charge in [-0.25, -0.2) is 0 Å². The van der Waals surface area contributed by atoms with Gasteiger partial charge >= 0.3 is 0 Å². The monoisotopic (exact) mass is 332 g/mol. The van der Waals surface area contributed by atoms with Crippen molar-refractivity contribution in [1.82, 2.24) is 0 Å². The van der Waals surface area contributed by atoms with Crippen molar-refractivity contribution in [3.63, 3.8) is 0 Å². The minimum atomic E-state index is -0.646. The lowest BCUT2D eigenvalue weighted by Gasteiger charge is -2.28. The van der Waals surface area contributed by atoms with Gasteiger partial charge in [0.05, 0.1) is 0 Å². The van der Waals surface area contributed by atoms with Gasteiger partial charge in [-0.15, -0.1) is 0 Å². The Morgan fingerprint density at radius 1 is 1.41 bits per heavy atom. The Bertz CT molecular complexity index is 469. The third-order valence-electron chi connectivity index (χ3n) is 2.76. The third kappa shape index (κ3) is 3.05. The molecule has 2 rings (SSSR count). The molecule has 92 valence electrons. The van der Waals surface area contributed by atoms with Crippen LogP contribution >= 0.6 is 28.1 Å². The zero-order chi connectivity index (χ0) is 12.4. The fraction of sp³-hybridized carbons (Fsp3) is 0.364. The summed E-state index contributed by atoms with van der Waals surface area (Å²) in [7, 11) is -0.646. The van der Waals surface area contributed by atoms with E-state index in [9.17, 15) is 4.21 Å². The number of rotatable bonds is 2. The van der Waals surface area contributed by atoms with E-state index in [1.807, 2.05) is 18.2 Å². The molecule has 0 unspecified atom stereocenters. The fourth-order valence-corrected chi connectivity index (χ4v) is 3.74. The van der Waals surface area contributed by atoms with Gasteiger partial charge in [0.1, 0.15) is 4.99 Å². The quantitative estimate of drug-likeness (QED) is 0.836. The summed E-state index contributed by atoms with van der Waals surface area (Å²) in [5.74, 6) is 1.49. The van der Waals surface area contributed by atoms with E-state index < -0.39 is 10.8 Å². The highest BCUT2D eigenvalue weighted by Crippen LogP contribution is 2.25. The summed E-state index contributed by atoms with van der Waals surface area (Å²) >= 11 is 8.43. The van der Waals surface area contributed by atoms with Gasteiger partial charge in [0.25, 0.3) is 0 Å². The number of nitrogens with two attached hydrogens (primary N) is 1. The molecule has 0 saturated carbocycles. The molecule has 0 spiro atoms. The van der Waals surface area contributed by atoms with Crippen molar-refractivity contribution in [1.29, 1.82) is 0 Å². The Morgan fingerprint density at radius 3 is 2.59 bits per heavy atom. The van der Waals surface area contributed by atoms with Crippen LogP contribution in [0.3, 0.4) is 0 Å². The molecule has 0 amide bonds. The summed E-state index contributed by atoms with van der Waals surface area (Å²) in [4.78, 5) is 2.62. The van der Waals surface area contributed by atoms with Gasteiger partial charge in [0, 0.05) is 51.1 Å². The molecule has 1 aromatic rings. The molecule has 0 aliphatic carbocycles. The van der Waals surface area contributed by atoms with E-state index in [4.69, 9.17) is 18.0 Å². The van der Waals surface area contributed by atoms with Crippen LogP contribution in [0.25, 0.3) is 0 Å². The summed E-state index contributed by atoms with van der Waals surface area (Å²) in [6.07, 6.45) is 0. The van der Waals surface area contributed by atoms with E-state index in [2.05, 4.69) is 20.8 Å². The lowest BCUT2D eigenvalue weighted by Crippen LogP contribution is -2.37. The second-order valence-electron chi connectivity index (χ2n) is 3.86. The van der Waals surface area contributed by atoms with Crippen LogP contribution in [0.5, 0.6) is 0 Å². The normalized spacial score (nSPS) is 17.1. The Labute approximate surface area is 117 Å². The minimum absolute atomic E-state index is 0.392. The van der Waals surface area contributed by atoms with Gasteiger partial charge in [-0.05, 0) is 34.1 Å². The van der Waals surface area contributed by atoms with E-state index in [1.165, 1.54) is 0 Å². The molecule has 17 heavy (non-hydrogen) atoms. The first-order valence-corrected chi connectivity index (χ1v) is 7.96. The second kappa shape index (κ2) is 5.46. The van der Waals surface area contributed by atoms with Gasteiger partial charge in [-0.3, -0.25) is 4.21 Å². The van der Waals surface area contributed by atoms with Crippen LogP contribution in [0.1, 0.15) is 5.56 Å². The highest BCUT2D eigenvalue weighted by atomic mass is 79.9. The van der Waals surface area contributed by atoms with E-state index in [0.717, 1.165) is 40.3 Å². The fourth-order valence-electron chi connectivity index (χ4n) is 1.80. The molecule has 1 aromatic carbocycles. The number of hydrogen-bond donors (Lipinski definition) is 1. The number of thiocarbonyl (C=S) groups is 1. The van der Waals surface area contributed by atoms with Gasteiger partial charge in [-0.2, -0.15) is 0 Å². The molecule has 6 heteroatoms. The first-order valence-electron chi connectivity index (χ1n) is 5.27. The zero-order valence-corrected chi connectivity index (χ0v) is 12.4. The molecular weight excluding hydrogens is 320 g/mol. The van der Waals surface area contributed by atoms with Crippen LogP contribution in [0.15, 0.2) is 22.7 Å². The Morgan fingerprint density at radius 2 is 2.06 bits per heavy atom. The molecule has 0 radical (unpaired) electrons. The van der Waals surface area contributed by atoms with Crippen molar-refractivity contribution >= 4 is 49.6 Å². The third-order valence-corrected chi connectivity index (χ3v) is 4.91. The van der Waals surface area contributed by atoms with Crippen molar-refractivity contribution in [2.75, 3.05) is 29.5 Å². The van der Waals surface area contributed by atoms with Gasteiger partial charge in [0.15, 0.2) is 0 Å². The van der Waals surface area contributed by atoms with Gasteiger partial charge in [-0.1, -0.05) is 12.2 Å². The molecule has 1 aliphatic heterocycles. The summed E-state index contributed by atoms with van der Waals surface area (Å²) in [5.41, 5.74) is 7.58. The number of nitrogens with zero attached hydrogens (tertiary/aromatic N) is 1. The van der Waals surface area contributed by atoms with Gasteiger partial charge in [0.2, 0.25) is 0 Å². The number of halogens is 1. The van der Waals surface area contributed by atoms with Crippen LogP contribution in [-0.4, -0.2) is 33.8 Å². The molecule has 1 heterocycles. The minimum Gasteiger partial charge on any atom is -0.389 e. The molecule has 1 saturated heterocycles. The average Bonchev–Trinajstić information content (AvgIpc) is 2.29. The molecule has 3 nitrogen and oxygen atoms in total. The smallest absolute Gasteiger partial charge is 0.105 e. The van der Waals surface area contributed by atoms with Crippen LogP contribution < -0.4 is 10.6 Å². The van der Waals surface area contributed by atoms with Crippen molar-refractivity contribution in [3.8, 4) is 0 Å². The standard InChI is InChI=1S/C11H13BrN2OS2/c12-10-7-8(1-2-9(10)11(13)16)14-3-5-17(15)6-4-14/h1-2,7H,3-6H2,(H2,13,16). The van der Waals surface area contributed by atoms with E-state index >= 15 is 0 Å². The van der Waals surface area contributed by atoms with E-state index in [1.54, 1.807) is 0 Å². The molecule has 0 aromatic heterocycles. The van der Waals surface area contributed by atoms with Crippen molar-refractivity contribution < 1.29 is 4.21 Å². The Balaban J connectivity index is 2.20. The SMILES string of the molecule is NC(=S)c1ccc(N2CCS(=O)CC2)cc1Br.